The van der Waals surface area contributed by atoms with E-state index < -0.39 is 30.0 Å². The van der Waals surface area contributed by atoms with Gasteiger partial charge in [0.05, 0.1) is 16.6 Å². The maximum atomic E-state index is 13.6. The minimum atomic E-state index is -5.39. The minimum absolute atomic E-state index is 0.0552. The van der Waals surface area contributed by atoms with Crippen molar-refractivity contribution in [2.45, 2.75) is 18.9 Å². The fourth-order valence-corrected chi connectivity index (χ4v) is 6.32. The van der Waals surface area contributed by atoms with E-state index in [1.54, 1.807) is 30.3 Å². The fourth-order valence-electron chi connectivity index (χ4n) is 6.32. The molecule has 0 aliphatic carbocycles. The molecule has 0 spiro atoms. The molecular formula is C35H26F6N4O4. The van der Waals surface area contributed by atoms with E-state index in [-0.39, 0.29) is 28.7 Å². The summed E-state index contributed by atoms with van der Waals surface area (Å²) in [6.07, 6.45) is -8.90. The molecule has 8 nitrogen and oxygen atoms in total. The van der Waals surface area contributed by atoms with Crippen LogP contribution in [0.25, 0.3) is 43.7 Å². The number of nitrogens with zero attached hydrogens (tertiary/aromatic N) is 3. The molecule has 6 aromatic rings. The van der Waals surface area contributed by atoms with Crippen LogP contribution in [0.4, 0.5) is 32.0 Å². The SMILES string of the molecule is O=C(Oc1cccc2c1c(-c1ccc3ccccc3c1)c(CN1CCN(c3cccc4[nH]ccc34)CC1)n2OC(=O)C(F)(F)F)C(F)(F)F. The molecule has 49 heavy (non-hydrogen) atoms. The smallest absolute Gasteiger partial charge is 0.419 e. The number of benzene rings is 4. The Balaban J connectivity index is 1.35. The summed E-state index contributed by atoms with van der Waals surface area (Å²) >= 11 is 0. The fraction of sp³-hybridized carbons (Fsp3) is 0.200. The molecule has 1 N–H and O–H groups in total. The molecular weight excluding hydrogens is 654 g/mol. The quantitative estimate of drug-likeness (QED) is 0.114. The maximum absolute atomic E-state index is 13.6. The molecule has 1 saturated heterocycles. The molecule has 14 heteroatoms. The van der Waals surface area contributed by atoms with Gasteiger partial charge in [-0.25, -0.2) is 9.59 Å². The number of halogens is 6. The molecule has 1 aliphatic heterocycles. The van der Waals surface area contributed by atoms with Crippen molar-refractivity contribution < 1.29 is 45.5 Å². The van der Waals surface area contributed by atoms with Crippen molar-refractivity contribution in [1.29, 1.82) is 0 Å². The number of H-pyrrole nitrogens is 1. The van der Waals surface area contributed by atoms with Crippen LogP contribution in [0, 0.1) is 0 Å². The Hall–Kier alpha value is -5.50. The van der Waals surface area contributed by atoms with Crippen molar-refractivity contribution in [2.75, 3.05) is 31.1 Å². The van der Waals surface area contributed by atoms with Crippen molar-refractivity contribution in [2.24, 2.45) is 0 Å². The number of carbonyl (C=O) groups is 2. The average Bonchev–Trinajstić information content (AvgIpc) is 3.67. The second-order valence-electron chi connectivity index (χ2n) is 11.6. The van der Waals surface area contributed by atoms with Crippen molar-refractivity contribution in [3.8, 4) is 16.9 Å². The number of carbonyl (C=O) groups excluding carboxylic acids is 2. The number of hydrogen-bond acceptors (Lipinski definition) is 6. The van der Waals surface area contributed by atoms with E-state index in [4.69, 9.17) is 9.57 Å². The lowest BCUT2D eigenvalue weighted by Gasteiger charge is -2.36. The highest BCUT2D eigenvalue weighted by atomic mass is 19.4. The van der Waals surface area contributed by atoms with Gasteiger partial charge in [0.1, 0.15) is 5.75 Å². The van der Waals surface area contributed by atoms with Crippen LogP contribution >= 0.6 is 0 Å². The molecule has 1 aliphatic rings. The molecule has 2 aromatic heterocycles. The molecule has 0 amide bonds. The normalized spacial score (nSPS) is 14.5. The van der Waals surface area contributed by atoms with E-state index in [1.165, 1.54) is 12.1 Å². The summed E-state index contributed by atoms with van der Waals surface area (Å²) in [5.41, 5.74) is 2.40. The second kappa shape index (κ2) is 12.2. The van der Waals surface area contributed by atoms with Gasteiger partial charge in [-0.05, 0) is 52.7 Å². The summed E-state index contributed by atoms with van der Waals surface area (Å²) in [7, 11) is 0. The van der Waals surface area contributed by atoms with Crippen molar-refractivity contribution in [3.05, 3.63) is 96.8 Å². The van der Waals surface area contributed by atoms with E-state index in [9.17, 15) is 35.9 Å². The standard InChI is InChI=1S/C35H26F6N4O4/c36-34(37,38)32(46)48-29-10-4-9-27-31(29)30(23-12-11-21-5-1-2-6-22(21)19-23)28(45(27)49-33(47)35(39,40)41)20-43-15-17-44(18-16-43)26-8-3-7-25-24(26)13-14-42-25/h1-14,19,42H,15-18,20H2. The largest absolute Gasteiger partial charge is 0.493 e. The number of nitrogens with one attached hydrogen (secondary N) is 1. The first-order valence-corrected chi connectivity index (χ1v) is 15.2. The molecule has 0 atom stereocenters. The van der Waals surface area contributed by atoms with Crippen molar-refractivity contribution in [1.82, 2.24) is 14.6 Å². The monoisotopic (exact) mass is 680 g/mol. The van der Waals surface area contributed by atoms with Crippen LogP contribution in [0.5, 0.6) is 5.75 Å². The van der Waals surface area contributed by atoms with E-state index in [2.05, 4.69) is 9.88 Å². The van der Waals surface area contributed by atoms with Gasteiger partial charge >= 0.3 is 24.3 Å². The lowest BCUT2D eigenvalue weighted by molar-refractivity contribution is -0.199. The number of anilines is 1. The number of piperazine rings is 1. The minimum Gasteiger partial charge on any atom is -0.419 e. The average molecular weight is 681 g/mol. The van der Waals surface area contributed by atoms with Gasteiger partial charge in [-0.3, -0.25) is 4.90 Å². The Bertz CT molecular complexity index is 2210. The Labute approximate surface area is 274 Å². The predicted molar refractivity (Wildman–Crippen MR) is 170 cm³/mol. The lowest BCUT2D eigenvalue weighted by Crippen LogP contribution is -2.46. The highest BCUT2D eigenvalue weighted by Crippen LogP contribution is 2.42. The summed E-state index contributed by atoms with van der Waals surface area (Å²) in [5.74, 6) is -5.60. The maximum Gasteiger partial charge on any atom is 0.493 e. The first-order valence-electron chi connectivity index (χ1n) is 15.2. The number of esters is 1. The first kappa shape index (κ1) is 32.1. The topological polar surface area (TPSA) is 79.8 Å². The number of fused-ring (bicyclic) bond motifs is 3. The zero-order valence-corrected chi connectivity index (χ0v) is 25.4. The van der Waals surface area contributed by atoms with Gasteiger partial charge in [0, 0.05) is 61.1 Å². The summed E-state index contributed by atoms with van der Waals surface area (Å²) in [6, 6.07) is 23.9. The zero-order valence-electron chi connectivity index (χ0n) is 25.4. The Kier molecular flexibility index (Phi) is 7.98. The van der Waals surface area contributed by atoms with Gasteiger partial charge in [-0.2, -0.15) is 31.1 Å². The number of alkyl halides is 6. The molecule has 1 fully saturated rings. The van der Waals surface area contributed by atoms with E-state index >= 15 is 0 Å². The third kappa shape index (κ3) is 6.15. The molecule has 7 rings (SSSR count). The van der Waals surface area contributed by atoms with Gasteiger partial charge < -0.3 is 19.5 Å². The van der Waals surface area contributed by atoms with Gasteiger partial charge in [-0.1, -0.05) is 48.5 Å². The van der Waals surface area contributed by atoms with E-state index in [0.29, 0.717) is 36.5 Å². The lowest BCUT2D eigenvalue weighted by atomic mass is 9.98. The summed E-state index contributed by atoms with van der Waals surface area (Å²) in [5, 5.41) is 2.47. The predicted octanol–water partition coefficient (Wildman–Crippen LogP) is 7.25. The Morgan fingerprint density at radius 3 is 2.20 bits per heavy atom. The summed E-state index contributed by atoms with van der Waals surface area (Å²) < 4.78 is 86.4. The number of ether oxygens (including phenoxy) is 1. The van der Waals surface area contributed by atoms with Crippen molar-refractivity contribution in [3.63, 3.8) is 0 Å². The summed E-state index contributed by atoms with van der Waals surface area (Å²) in [4.78, 5) is 36.6. The van der Waals surface area contributed by atoms with Gasteiger partial charge in [0.25, 0.3) is 0 Å². The van der Waals surface area contributed by atoms with Crippen LogP contribution < -0.4 is 14.5 Å². The van der Waals surface area contributed by atoms with Crippen molar-refractivity contribution >= 4 is 50.2 Å². The van der Waals surface area contributed by atoms with E-state index in [1.807, 2.05) is 47.5 Å². The van der Waals surface area contributed by atoms with Crippen LogP contribution in [0.1, 0.15) is 5.69 Å². The molecule has 0 saturated carbocycles. The molecule has 0 unspecified atom stereocenters. The number of aromatic nitrogens is 2. The van der Waals surface area contributed by atoms with Crippen LogP contribution in [-0.4, -0.2) is 65.1 Å². The molecule has 4 aromatic carbocycles. The van der Waals surface area contributed by atoms with Crippen LogP contribution in [0.3, 0.4) is 0 Å². The Morgan fingerprint density at radius 1 is 0.755 bits per heavy atom. The molecule has 3 heterocycles. The zero-order chi connectivity index (χ0) is 34.5. The molecule has 0 bridgehead atoms. The highest BCUT2D eigenvalue weighted by molar-refractivity contribution is 6.05. The van der Waals surface area contributed by atoms with Gasteiger partial charge in [0.2, 0.25) is 0 Å². The van der Waals surface area contributed by atoms with Gasteiger partial charge in [-0.15, -0.1) is 0 Å². The third-order valence-electron chi connectivity index (χ3n) is 8.54. The Morgan fingerprint density at radius 2 is 1.47 bits per heavy atom. The highest BCUT2D eigenvalue weighted by Gasteiger charge is 2.44. The van der Waals surface area contributed by atoms with Gasteiger partial charge in [0.15, 0.2) is 0 Å². The van der Waals surface area contributed by atoms with E-state index in [0.717, 1.165) is 33.4 Å². The third-order valence-corrected chi connectivity index (χ3v) is 8.54. The summed E-state index contributed by atoms with van der Waals surface area (Å²) in [6.45, 7) is 1.93. The number of aromatic amines is 1. The van der Waals surface area contributed by atoms with Crippen LogP contribution in [0.2, 0.25) is 0 Å². The number of rotatable bonds is 6. The van der Waals surface area contributed by atoms with Crippen LogP contribution in [0.15, 0.2) is 91.1 Å². The molecule has 252 valence electrons. The van der Waals surface area contributed by atoms with Crippen LogP contribution in [-0.2, 0) is 16.1 Å². The number of hydrogen-bond donors (Lipinski definition) is 1. The first-order chi connectivity index (χ1) is 23.4. The molecule has 0 radical (unpaired) electrons. The second-order valence-corrected chi connectivity index (χ2v) is 11.6.